The van der Waals surface area contributed by atoms with E-state index in [0.29, 0.717) is 5.69 Å². The second kappa shape index (κ2) is 8.08. The van der Waals surface area contributed by atoms with E-state index in [1.807, 2.05) is 6.92 Å². The third-order valence-corrected chi connectivity index (χ3v) is 4.17. The lowest BCUT2D eigenvalue weighted by atomic mass is 9.91. The number of pyridine rings is 1. The van der Waals surface area contributed by atoms with Gasteiger partial charge in [0.05, 0.1) is 18.3 Å². The number of anilines is 1. The van der Waals surface area contributed by atoms with Gasteiger partial charge in [-0.05, 0) is 36.8 Å². The number of halogens is 3. The molecule has 0 bridgehead atoms. The predicted octanol–water partition coefficient (Wildman–Crippen LogP) is 2.64. The second-order valence-electron chi connectivity index (χ2n) is 6.69. The molecule has 1 aliphatic rings. The minimum atomic E-state index is -4.46. The number of nitrogens with one attached hydrogen (secondary N) is 2. The quantitative estimate of drug-likeness (QED) is 0.793. The molecule has 2 aromatic rings. The van der Waals surface area contributed by atoms with Crippen LogP contribution in [0.25, 0.3) is 0 Å². The van der Waals surface area contributed by atoms with Crippen molar-refractivity contribution in [1.29, 1.82) is 0 Å². The van der Waals surface area contributed by atoms with E-state index in [2.05, 4.69) is 20.4 Å². The summed E-state index contributed by atoms with van der Waals surface area (Å²) in [6.45, 7) is 0.662. The van der Waals surface area contributed by atoms with Crippen LogP contribution in [0.3, 0.4) is 0 Å². The molecular weight excluding hydrogens is 391 g/mol. The zero-order chi connectivity index (χ0) is 21.1. The molecule has 1 fully saturated rings. The van der Waals surface area contributed by atoms with Crippen LogP contribution in [0.2, 0.25) is 0 Å². The van der Waals surface area contributed by atoms with E-state index in [1.165, 1.54) is 12.1 Å². The number of ether oxygens (including phenoxy) is 2. The van der Waals surface area contributed by atoms with Gasteiger partial charge in [0.1, 0.15) is 18.1 Å². The zero-order valence-corrected chi connectivity index (χ0v) is 15.4. The molecule has 1 aliphatic heterocycles. The minimum absolute atomic E-state index is 0.000363. The molecule has 2 N–H and O–H groups in total. The molecule has 0 radical (unpaired) electrons. The van der Waals surface area contributed by atoms with Gasteiger partial charge in [-0.25, -0.2) is 4.98 Å². The largest absolute Gasteiger partial charge is 0.483 e. The van der Waals surface area contributed by atoms with Crippen LogP contribution in [0.1, 0.15) is 23.0 Å². The number of amides is 2. The van der Waals surface area contributed by atoms with Crippen molar-refractivity contribution in [3.63, 3.8) is 0 Å². The standard InChI is InChI=1S/C19H18F3N3O4/c1-18(10-28-9-16(26)25-18)12-3-2-4-13(7-12)24-17(27)15-6-5-14(8-23-15)29-11-19(20,21)22/h2-8H,9-11H2,1H3,(H,24,27)(H,25,26). The molecule has 1 aromatic heterocycles. The lowest BCUT2D eigenvalue weighted by molar-refractivity contribution is -0.153. The van der Waals surface area contributed by atoms with Crippen molar-refractivity contribution in [2.75, 3.05) is 25.1 Å². The van der Waals surface area contributed by atoms with Gasteiger partial charge in [0, 0.05) is 5.69 Å². The highest BCUT2D eigenvalue weighted by atomic mass is 19.4. The highest BCUT2D eigenvalue weighted by Crippen LogP contribution is 2.26. The van der Waals surface area contributed by atoms with Gasteiger partial charge < -0.3 is 20.1 Å². The summed E-state index contributed by atoms with van der Waals surface area (Å²) in [6.07, 6.45) is -3.41. The molecule has 0 saturated carbocycles. The molecule has 7 nitrogen and oxygen atoms in total. The van der Waals surface area contributed by atoms with Crippen molar-refractivity contribution in [2.45, 2.75) is 18.6 Å². The molecule has 10 heteroatoms. The molecule has 2 heterocycles. The van der Waals surface area contributed by atoms with Gasteiger partial charge in [-0.15, -0.1) is 0 Å². The Balaban J connectivity index is 1.67. The van der Waals surface area contributed by atoms with Crippen molar-refractivity contribution in [2.24, 2.45) is 0 Å². The number of hydrogen-bond donors (Lipinski definition) is 2. The van der Waals surface area contributed by atoms with Crippen molar-refractivity contribution in [1.82, 2.24) is 10.3 Å². The van der Waals surface area contributed by atoms with E-state index in [4.69, 9.17) is 4.74 Å². The van der Waals surface area contributed by atoms with Gasteiger partial charge in [0.2, 0.25) is 5.91 Å². The SMILES string of the molecule is CC1(c2cccc(NC(=O)c3ccc(OCC(F)(F)F)cn3)c2)COCC(=O)N1. The Morgan fingerprint density at radius 1 is 1.34 bits per heavy atom. The lowest BCUT2D eigenvalue weighted by Crippen LogP contribution is -2.52. The van der Waals surface area contributed by atoms with Gasteiger partial charge in [-0.1, -0.05) is 12.1 Å². The number of carbonyl (C=O) groups is 2. The van der Waals surface area contributed by atoms with Crippen LogP contribution < -0.4 is 15.4 Å². The van der Waals surface area contributed by atoms with Crippen LogP contribution in [0.15, 0.2) is 42.6 Å². The third kappa shape index (κ3) is 5.44. The first-order valence-electron chi connectivity index (χ1n) is 8.61. The normalized spacial score (nSPS) is 19.4. The van der Waals surface area contributed by atoms with Crippen LogP contribution >= 0.6 is 0 Å². The lowest BCUT2D eigenvalue weighted by Gasteiger charge is -2.35. The van der Waals surface area contributed by atoms with Gasteiger partial charge in [-0.3, -0.25) is 9.59 Å². The Labute approximate surface area is 164 Å². The molecule has 2 amide bonds. The van der Waals surface area contributed by atoms with E-state index in [1.54, 1.807) is 24.3 Å². The Kier molecular flexibility index (Phi) is 5.73. The van der Waals surface area contributed by atoms with Crippen LogP contribution in [-0.4, -0.2) is 42.8 Å². The average Bonchev–Trinajstić information content (AvgIpc) is 2.66. The smallest absolute Gasteiger partial charge is 0.422 e. The maximum Gasteiger partial charge on any atom is 0.422 e. The highest BCUT2D eigenvalue weighted by Gasteiger charge is 2.33. The monoisotopic (exact) mass is 409 g/mol. The number of rotatable bonds is 5. The van der Waals surface area contributed by atoms with Gasteiger partial charge >= 0.3 is 6.18 Å². The summed E-state index contributed by atoms with van der Waals surface area (Å²) < 4.78 is 46.4. The van der Waals surface area contributed by atoms with E-state index < -0.39 is 24.2 Å². The molecule has 1 unspecified atom stereocenters. The number of morpholine rings is 1. The summed E-state index contributed by atoms with van der Waals surface area (Å²) in [4.78, 5) is 27.8. The van der Waals surface area contributed by atoms with E-state index >= 15 is 0 Å². The number of hydrogen-bond acceptors (Lipinski definition) is 5. The summed E-state index contributed by atoms with van der Waals surface area (Å²) >= 11 is 0. The summed E-state index contributed by atoms with van der Waals surface area (Å²) in [6, 6.07) is 9.39. The first-order chi connectivity index (χ1) is 13.6. The fourth-order valence-corrected chi connectivity index (χ4v) is 2.78. The highest BCUT2D eigenvalue weighted by molar-refractivity contribution is 6.02. The Morgan fingerprint density at radius 3 is 2.79 bits per heavy atom. The Morgan fingerprint density at radius 2 is 2.14 bits per heavy atom. The summed E-state index contributed by atoms with van der Waals surface area (Å²) in [5.41, 5.74) is 0.487. The molecule has 3 rings (SSSR count). The third-order valence-electron chi connectivity index (χ3n) is 4.17. The molecular formula is C19H18F3N3O4. The Hall–Kier alpha value is -3.14. The number of aromatic nitrogens is 1. The fraction of sp³-hybridized carbons (Fsp3) is 0.316. The fourth-order valence-electron chi connectivity index (χ4n) is 2.78. The summed E-state index contributed by atoms with van der Waals surface area (Å²) in [5, 5.41) is 5.53. The number of alkyl halides is 3. The molecule has 154 valence electrons. The zero-order valence-electron chi connectivity index (χ0n) is 15.4. The maximum atomic E-state index is 12.4. The average molecular weight is 409 g/mol. The van der Waals surface area contributed by atoms with Crippen LogP contribution in [0.5, 0.6) is 5.75 Å². The first kappa shape index (κ1) is 20.6. The molecule has 1 atom stereocenters. The topological polar surface area (TPSA) is 89.6 Å². The first-order valence-corrected chi connectivity index (χ1v) is 8.61. The molecule has 0 spiro atoms. The number of benzene rings is 1. The Bertz CT molecular complexity index is 902. The number of nitrogens with zero attached hydrogens (tertiary/aromatic N) is 1. The van der Waals surface area contributed by atoms with Gasteiger partial charge in [-0.2, -0.15) is 13.2 Å². The summed E-state index contributed by atoms with van der Waals surface area (Å²) in [7, 11) is 0. The van der Waals surface area contributed by atoms with Crippen molar-refractivity contribution >= 4 is 17.5 Å². The van der Waals surface area contributed by atoms with Crippen molar-refractivity contribution in [3.05, 3.63) is 53.9 Å². The van der Waals surface area contributed by atoms with E-state index in [9.17, 15) is 22.8 Å². The minimum Gasteiger partial charge on any atom is -0.483 e. The number of carbonyl (C=O) groups excluding carboxylic acids is 2. The predicted molar refractivity (Wildman–Crippen MR) is 96.5 cm³/mol. The van der Waals surface area contributed by atoms with Crippen LogP contribution in [0, 0.1) is 0 Å². The van der Waals surface area contributed by atoms with E-state index in [-0.39, 0.29) is 30.6 Å². The molecule has 0 aliphatic carbocycles. The summed E-state index contributed by atoms with van der Waals surface area (Å²) in [5.74, 6) is -0.870. The van der Waals surface area contributed by atoms with Gasteiger partial charge in [0.15, 0.2) is 6.61 Å². The second-order valence-corrected chi connectivity index (χ2v) is 6.69. The molecule has 29 heavy (non-hydrogen) atoms. The van der Waals surface area contributed by atoms with Crippen LogP contribution in [-0.2, 0) is 15.1 Å². The van der Waals surface area contributed by atoms with E-state index in [0.717, 1.165) is 11.8 Å². The molecule has 1 saturated heterocycles. The van der Waals surface area contributed by atoms with Crippen molar-refractivity contribution in [3.8, 4) is 5.75 Å². The van der Waals surface area contributed by atoms with Crippen LogP contribution in [0.4, 0.5) is 18.9 Å². The molecule has 1 aromatic carbocycles. The van der Waals surface area contributed by atoms with Gasteiger partial charge in [0.25, 0.3) is 5.91 Å². The maximum absolute atomic E-state index is 12.4. The van der Waals surface area contributed by atoms with Crippen molar-refractivity contribution < 1.29 is 32.2 Å².